The predicted molar refractivity (Wildman–Crippen MR) is 155 cm³/mol. The molecule has 1 aliphatic rings. The van der Waals surface area contributed by atoms with E-state index in [1.165, 1.54) is 28.6 Å². The van der Waals surface area contributed by atoms with Crippen molar-refractivity contribution >= 4 is 39.1 Å². The Hall–Kier alpha value is -3.92. The molecule has 0 aliphatic carbocycles. The highest BCUT2D eigenvalue weighted by Crippen LogP contribution is 2.26. The van der Waals surface area contributed by atoms with Crippen LogP contribution in [0.5, 0.6) is 0 Å². The average Bonchev–Trinajstić information content (AvgIpc) is 3.41. The molecule has 1 aromatic heterocycles. The van der Waals surface area contributed by atoms with Gasteiger partial charge in [0.05, 0.1) is 16.3 Å². The Kier molecular flexibility index (Phi) is 8.35. The molecule has 2 N–H and O–H groups in total. The molecular weight excluding hydrogens is 548 g/mol. The number of hydrogen-bond acceptors (Lipinski definition) is 4. The summed E-state index contributed by atoms with van der Waals surface area (Å²) in [5.74, 6) is -0.604. The lowest BCUT2D eigenvalue weighted by atomic mass is 10.1. The van der Waals surface area contributed by atoms with Crippen LogP contribution in [0, 0.1) is 0 Å². The van der Waals surface area contributed by atoms with Gasteiger partial charge in [-0.2, -0.15) is 4.31 Å². The van der Waals surface area contributed by atoms with Crippen molar-refractivity contribution in [2.45, 2.75) is 36.7 Å². The Bertz CT molecular complexity index is 1590. The van der Waals surface area contributed by atoms with Crippen molar-refractivity contribution in [3.63, 3.8) is 0 Å². The van der Waals surface area contributed by atoms with E-state index < -0.39 is 16.1 Å². The molecule has 8 nitrogen and oxygen atoms in total. The maximum atomic E-state index is 13.7. The fourth-order valence-electron chi connectivity index (χ4n) is 4.74. The zero-order chi connectivity index (χ0) is 28.1. The van der Waals surface area contributed by atoms with Gasteiger partial charge in [0.1, 0.15) is 6.04 Å². The van der Waals surface area contributed by atoms with Gasteiger partial charge in [-0.15, -0.1) is 0 Å². The van der Waals surface area contributed by atoms with Crippen molar-refractivity contribution in [3.05, 3.63) is 113 Å². The molecule has 0 bridgehead atoms. The number of halogens is 1. The van der Waals surface area contributed by atoms with Gasteiger partial charge in [0, 0.05) is 36.1 Å². The Morgan fingerprint density at radius 2 is 1.65 bits per heavy atom. The lowest BCUT2D eigenvalue weighted by Crippen LogP contribution is -2.48. The maximum absolute atomic E-state index is 13.7. The van der Waals surface area contributed by atoms with Crippen LogP contribution in [0.15, 0.2) is 102 Å². The minimum atomic E-state index is -4.03. The highest BCUT2D eigenvalue weighted by atomic mass is 35.5. The molecule has 0 radical (unpaired) electrons. The van der Waals surface area contributed by atoms with Crippen LogP contribution in [0.4, 0.5) is 5.69 Å². The summed E-state index contributed by atoms with van der Waals surface area (Å²) in [7, 11) is -4.03. The number of hydrogen-bond donors (Lipinski definition) is 2. The van der Waals surface area contributed by atoms with Gasteiger partial charge in [0.2, 0.25) is 15.9 Å². The summed E-state index contributed by atoms with van der Waals surface area (Å²) >= 11 is 5.98. The molecule has 3 aromatic carbocycles. The second-order valence-electron chi connectivity index (χ2n) is 9.57. The number of sulfonamides is 1. The molecule has 1 fully saturated rings. The molecule has 40 heavy (non-hydrogen) atoms. The van der Waals surface area contributed by atoms with E-state index in [0.29, 0.717) is 34.8 Å². The molecule has 10 heteroatoms. The summed E-state index contributed by atoms with van der Waals surface area (Å²) in [6.45, 7) is 0.489. The van der Waals surface area contributed by atoms with Crippen LogP contribution >= 0.6 is 11.6 Å². The number of benzene rings is 3. The molecule has 1 atom stereocenters. The van der Waals surface area contributed by atoms with Crippen LogP contribution in [-0.4, -0.2) is 41.7 Å². The van der Waals surface area contributed by atoms with Gasteiger partial charge in [-0.25, -0.2) is 8.42 Å². The Morgan fingerprint density at radius 1 is 0.950 bits per heavy atom. The number of carbonyl (C=O) groups excluding carboxylic acids is 2. The molecule has 4 aromatic rings. The first-order valence-electron chi connectivity index (χ1n) is 13.0. The summed E-state index contributed by atoms with van der Waals surface area (Å²) in [4.78, 5) is 26.1. The van der Waals surface area contributed by atoms with Gasteiger partial charge in [-0.05, 0) is 85.5 Å². The third kappa shape index (κ3) is 6.12. The maximum Gasteiger partial charge on any atom is 0.255 e. The summed E-state index contributed by atoms with van der Waals surface area (Å²) in [6.07, 6.45) is 5.73. The summed E-state index contributed by atoms with van der Waals surface area (Å²) in [6, 6.07) is 23.1. The number of nitrogens with one attached hydrogen (secondary N) is 2. The predicted octanol–water partition coefficient (Wildman–Crippen LogP) is 5.24. The molecule has 0 saturated carbocycles. The Balaban J connectivity index is 1.38. The van der Waals surface area contributed by atoms with Crippen LogP contribution in [0.2, 0.25) is 5.02 Å². The molecule has 0 spiro atoms. The van der Waals surface area contributed by atoms with E-state index in [1.807, 2.05) is 53.4 Å². The monoisotopic (exact) mass is 576 g/mol. The van der Waals surface area contributed by atoms with Crippen molar-refractivity contribution in [1.29, 1.82) is 0 Å². The minimum absolute atomic E-state index is 0.0264. The van der Waals surface area contributed by atoms with Crippen LogP contribution < -0.4 is 10.6 Å². The van der Waals surface area contributed by atoms with Gasteiger partial charge in [0.15, 0.2) is 0 Å². The van der Waals surface area contributed by atoms with Crippen molar-refractivity contribution in [2.75, 3.05) is 11.9 Å². The number of nitrogens with zero attached hydrogens (tertiary/aromatic N) is 2. The van der Waals surface area contributed by atoms with Gasteiger partial charge < -0.3 is 15.2 Å². The molecular formula is C30H29ClN4O4S. The quantitative estimate of drug-likeness (QED) is 0.299. The van der Waals surface area contributed by atoms with E-state index in [0.717, 1.165) is 18.5 Å². The van der Waals surface area contributed by atoms with Gasteiger partial charge in [-0.3, -0.25) is 9.59 Å². The highest BCUT2D eigenvalue weighted by molar-refractivity contribution is 7.89. The zero-order valence-corrected chi connectivity index (χ0v) is 23.2. The van der Waals surface area contributed by atoms with Crippen molar-refractivity contribution in [2.24, 2.45) is 0 Å². The van der Waals surface area contributed by atoms with E-state index in [-0.39, 0.29) is 23.3 Å². The smallest absolute Gasteiger partial charge is 0.255 e. The number of rotatable bonds is 8. The Morgan fingerprint density at radius 3 is 2.38 bits per heavy atom. The number of amides is 2. The van der Waals surface area contributed by atoms with Gasteiger partial charge >= 0.3 is 0 Å². The number of para-hydroxylation sites is 2. The van der Waals surface area contributed by atoms with Crippen LogP contribution in [-0.2, 0) is 21.4 Å². The number of aromatic nitrogens is 1. The van der Waals surface area contributed by atoms with Crippen LogP contribution in [0.25, 0.3) is 5.69 Å². The van der Waals surface area contributed by atoms with Crippen molar-refractivity contribution in [3.8, 4) is 5.69 Å². The molecule has 1 aliphatic heterocycles. The first-order chi connectivity index (χ1) is 19.3. The summed E-state index contributed by atoms with van der Waals surface area (Å²) in [5.41, 5.74) is 2.57. The molecule has 2 heterocycles. The van der Waals surface area contributed by atoms with Crippen molar-refractivity contribution in [1.82, 2.24) is 14.2 Å². The third-order valence-electron chi connectivity index (χ3n) is 6.86. The second-order valence-corrected chi connectivity index (χ2v) is 11.9. The fourth-order valence-corrected chi connectivity index (χ4v) is 6.47. The lowest BCUT2D eigenvalue weighted by Gasteiger charge is -2.29. The molecule has 206 valence electrons. The Labute approximate surface area is 238 Å². The fraction of sp³-hybridized carbons (Fsp3) is 0.200. The number of carbonyl (C=O) groups is 2. The highest BCUT2D eigenvalue weighted by Gasteiger charge is 2.36. The largest absolute Gasteiger partial charge is 0.355 e. The normalized spacial score (nSPS) is 15.8. The second kappa shape index (κ2) is 12.1. The first-order valence-corrected chi connectivity index (χ1v) is 14.8. The summed E-state index contributed by atoms with van der Waals surface area (Å²) in [5, 5.41) is 6.21. The van der Waals surface area contributed by atoms with E-state index in [1.54, 1.807) is 24.3 Å². The van der Waals surface area contributed by atoms with Crippen LogP contribution in [0.3, 0.4) is 0 Å². The summed E-state index contributed by atoms with van der Waals surface area (Å²) < 4.78 is 30.7. The van der Waals surface area contributed by atoms with Crippen molar-refractivity contribution < 1.29 is 18.0 Å². The molecule has 1 saturated heterocycles. The molecule has 5 rings (SSSR count). The number of anilines is 1. The SMILES string of the molecule is O=C(Nc1ccccc1-n1cccc1)c1ccc(CN([C@@H]2CCCCNC2=O)S(=O)(=O)c2ccc(Cl)cc2)cc1. The topological polar surface area (TPSA) is 101 Å². The molecule has 0 unspecified atom stereocenters. The van der Waals surface area contributed by atoms with E-state index in [9.17, 15) is 18.0 Å². The molecule has 2 amide bonds. The van der Waals surface area contributed by atoms with Gasteiger partial charge in [0.25, 0.3) is 5.91 Å². The van der Waals surface area contributed by atoms with Gasteiger partial charge in [-0.1, -0.05) is 35.9 Å². The van der Waals surface area contributed by atoms with E-state index >= 15 is 0 Å². The van der Waals surface area contributed by atoms with E-state index in [4.69, 9.17) is 11.6 Å². The lowest BCUT2D eigenvalue weighted by molar-refractivity contribution is -0.124. The first kappa shape index (κ1) is 27.6. The average molecular weight is 577 g/mol. The van der Waals surface area contributed by atoms with Crippen LogP contribution in [0.1, 0.15) is 35.2 Å². The van der Waals surface area contributed by atoms with E-state index in [2.05, 4.69) is 10.6 Å². The third-order valence-corrected chi connectivity index (χ3v) is 8.98. The zero-order valence-electron chi connectivity index (χ0n) is 21.7. The minimum Gasteiger partial charge on any atom is -0.355 e. The standard InChI is InChI=1S/C30H29ClN4O4S/c31-24-14-16-25(17-15-24)40(38,39)35(28-9-3-4-18-32-30(28)37)21-22-10-12-23(13-11-22)29(36)33-26-7-1-2-8-27(26)34-19-5-6-20-34/h1-2,5-8,10-17,19-20,28H,3-4,9,18,21H2,(H,32,37)(H,33,36)/t28-/m1/s1.